The summed E-state index contributed by atoms with van der Waals surface area (Å²) in [4.78, 5) is 14.3. The van der Waals surface area contributed by atoms with E-state index >= 15 is 0 Å². The molecule has 1 aliphatic heterocycles. The summed E-state index contributed by atoms with van der Waals surface area (Å²) in [6.45, 7) is 8.51. The molecule has 2 heterocycles. The van der Waals surface area contributed by atoms with E-state index in [1.807, 2.05) is 17.0 Å². The Morgan fingerprint density at radius 1 is 1.29 bits per heavy atom. The lowest BCUT2D eigenvalue weighted by Gasteiger charge is -2.31. The maximum Gasteiger partial charge on any atom is 0.289 e. The highest BCUT2D eigenvalue weighted by Gasteiger charge is 2.24. The van der Waals surface area contributed by atoms with E-state index in [1.165, 1.54) is 11.1 Å². The molecular weight excluding hydrogens is 288 g/mol. The Labute approximate surface area is 130 Å². The molecule has 2 aromatic rings. The number of aryl methyl sites for hydroxylation is 2. The molecule has 1 atom stereocenters. The summed E-state index contributed by atoms with van der Waals surface area (Å²) in [5.41, 5.74) is 3.19. The molecule has 5 heteroatoms. The van der Waals surface area contributed by atoms with E-state index in [-0.39, 0.29) is 18.3 Å². The highest BCUT2D eigenvalue weighted by Crippen LogP contribution is 2.24. The predicted octanol–water partition coefficient (Wildman–Crippen LogP) is 2.91. The summed E-state index contributed by atoms with van der Waals surface area (Å²) >= 11 is 0. The Balaban J connectivity index is 0.00000161. The van der Waals surface area contributed by atoms with E-state index in [0.29, 0.717) is 11.8 Å². The average Bonchev–Trinajstić information content (AvgIpc) is 2.81. The van der Waals surface area contributed by atoms with Gasteiger partial charge in [0, 0.05) is 31.1 Å². The molecule has 1 aliphatic rings. The average molecular weight is 309 g/mol. The molecule has 3 rings (SSSR count). The number of nitrogens with zero attached hydrogens (tertiary/aromatic N) is 1. The van der Waals surface area contributed by atoms with Crippen LogP contribution in [-0.4, -0.2) is 36.5 Å². The number of furan rings is 1. The van der Waals surface area contributed by atoms with E-state index in [1.54, 1.807) is 0 Å². The van der Waals surface area contributed by atoms with Crippen molar-refractivity contribution < 1.29 is 9.21 Å². The van der Waals surface area contributed by atoms with Crippen LogP contribution in [0.2, 0.25) is 0 Å². The summed E-state index contributed by atoms with van der Waals surface area (Å²) in [7, 11) is 0. The molecule has 1 unspecified atom stereocenters. The fourth-order valence-corrected chi connectivity index (χ4v) is 2.68. The van der Waals surface area contributed by atoms with Crippen molar-refractivity contribution >= 4 is 29.3 Å². The van der Waals surface area contributed by atoms with Gasteiger partial charge in [0.2, 0.25) is 0 Å². The van der Waals surface area contributed by atoms with E-state index in [0.717, 1.165) is 30.6 Å². The number of rotatable bonds is 1. The lowest BCUT2D eigenvalue weighted by atomic mass is 10.1. The van der Waals surface area contributed by atoms with Gasteiger partial charge in [0.15, 0.2) is 5.76 Å². The topological polar surface area (TPSA) is 45.5 Å². The molecule has 114 valence electrons. The number of carbonyl (C=O) groups is 1. The molecule has 0 saturated carbocycles. The van der Waals surface area contributed by atoms with Crippen LogP contribution in [0, 0.1) is 13.8 Å². The summed E-state index contributed by atoms with van der Waals surface area (Å²) in [5.74, 6) is 0.434. The molecule has 1 amide bonds. The van der Waals surface area contributed by atoms with Crippen molar-refractivity contribution in [1.82, 2.24) is 10.2 Å². The lowest BCUT2D eigenvalue weighted by molar-refractivity contribution is 0.0679. The van der Waals surface area contributed by atoms with Crippen LogP contribution in [0.3, 0.4) is 0 Å². The van der Waals surface area contributed by atoms with Gasteiger partial charge in [-0.2, -0.15) is 0 Å². The zero-order valence-electron chi connectivity index (χ0n) is 12.6. The molecule has 0 spiro atoms. The third kappa shape index (κ3) is 3.06. The zero-order chi connectivity index (χ0) is 14.3. The molecule has 0 aliphatic carbocycles. The van der Waals surface area contributed by atoms with Gasteiger partial charge in [0.1, 0.15) is 5.58 Å². The highest BCUT2D eigenvalue weighted by atomic mass is 35.5. The van der Waals surface area contributed by atoms with Gasteiger partial charge in [-0.15, -0.1) is 12.4 Å². The zero-order valence-corrected chi connectivity index (χ0v) is 13.4. The SMILES string of the molecule is Cc1cc2cc(C(=O)N3CCNC(C)C3)oc2cc1C.Cl. The third-order valence-corrected chi connectivity index (χ3v) is 4.00. The van der Waals surface area contributed by atoms with E-state index in [9.17, 15) is 4.79 Å². The number of hydrogen-bond donors (Lipinski definition) is 1. The number of halogens is 1. The molecular formula is C16H21ClN2O2. The van der Waals surface area contributed by atoms with Crippen LogP contribution >= 0.6 is 12.4 Å². The van der Waals surface area contributed by atoms with Crippen LogP contribution < -0.4 is 5.32 Å². The largest absolute Gasteiger partial charge is 0.451 e. The quantitative estimate of drug-likeness (QED) is 0.881. The first-order valence-electron chi connectivity index (χ1n) is 7.08. The molecule has 4 nitrogen and oxygen atoms in total. The van der Waals surface area contributed by atoms with E-state index in [4.69, 9.17) is 4.42 Å². The second-order valence-electron chi connectivity index (χ2n) is 5.69. The highest BCUT2D eigenvalue weighted by molar-refractivity contribution is 5.96. The van der Waals surface area contributed by atoms with Crippen molar-refractivity contribution in [1.29, 1.82) is 0 Å². The maximum atomic E-state index is 12.5. The normalized spacial score (nSPS) is 18.6. The Kier molecular flexibility index (Phi) is 4.59. The second-order valence-corrected chi connectivity index (χ2v) is 5.69. The summed E-state index contributed by atoms with van der Waals surface area (Å²) < 4.78 is 5.74. The Hall–Kier alpha value is -1.52. The maximum absolute atomic E-state index is 12.5. The third-order valence-electron chi connectivity index (χ3n) is 4.00. The Morgan fingerprint density at radius 2 is 2.00 bits per heavy atom. The summed E-state index contributed by atoms with van der Waals surface area (Å²) in [6, 6.07) is 6.27. The van der Waals surface area contributed by atoms with Gasteiger partial charge >= 0.3 is 0 Å². The fourth-order valence-electron chi connectivity index (χ4n) is 2.68. The molecule has 1 N–H and O–H groups in total. The standard InChI is InChI=1S/C16H20N2O2.ClH/c1-10-6-13-8-15(20-14(13)7-11(10)2)16(19)18-5-4-17-12(3)9-18;/h6-8,12,17H,4-5,9H2,1-3H3;1H. The first-order chi connectivity index (χ1) is 9.54. The van der Waals surface area contributed by atoms with Crippen LogP contribution in [0.25, 0.3) is 11.0 Å². The van der Waals surface area contributed by atoms with Crippen molar-refractivity contribution in [3.63, 3.8) is 0 Å². The van der Waals surface area contributed by atoms with E-state index < -0.39 is 0 Å². The smallest absolute Gasteiger partial charge is 0.289 e. The van der Waals surface area contributed by atoms with Gasteiger partial charge in [-0.1, -0.05) is 0 Å². The van der Waals surface area contributed by atoms with E-state index in [2.05, 4.69) is 32.2 Å². The minimum atomic E-state index is -0.00939. The lowest BCUT2D eigenvalue weighted by Crippen LogP contribution is -2.51. The van der Waals surface area contributed by atoms with Crippen molar-refractivity contribution in [3.05, 3.63) is 35.1 Å². The molecule has 1 aromatic carbocycles. The number of benzene rings is 1. The van der Waals surface area contributed by atoms with Crippen molar-refractivity contribution in [3.8, 4) is 0 Å². The van der Waals surface area contributed by atoms with Crippen molar-refractivity contribution in [2.24, 2.45) is 0 Å². The molecule has 0 radical (unpaired) electrons. The van der Waals surface area contributed by atoms with Gasteiger partial charge in [-0.25, -0.2) is 0 Å². The van der Waals surface area contributed by atoms with Gasteiger partial charge < -0.3 is 14.6 Å². The number of hydrogen-bond acceptors (Lipinski definition) is 3. The summed E-state index contributed by atoms with van der Waals surface area (Å²) in [6.07, 6.45) is 0. The second kappa shape index (κ2) is 6.08. The van der Waals surface area contributed by atoms with Crippen molar-refractivity contribution in [2.45, 2.75) is 26.8 Å². The van der Waals surface area contributed by atoms with Crippen LogP contribution in [0.4, 0.5) is 0 Å². The number of nitrogens with one attached hydrogen (secondary N) is 1. The van der Waals surface area contributed by atoms with Crippen LogP contribution in [0.1, 0.15) is 28.6 Å². The number of fused-ring (bicyclic) bond motifs is 1. The fraction of sp³-hybridized carbons (Fsp3) is 0.438. The summed E-state index contributed by atoms with van der Waals surface area (Å²) in [5, 5.41) is 4.33. The first kappa shape index (κ1) is 15.9. The van der Waals surface area contributed by atoms with Crippen molar-refractivity contribution in [2.75, 3.05) is 19.6 Å². The molecule has 0 bridgehead atoms. The Bertz CT molecular complexity index is 627. The molecule has 1 saturated heterocycles. The number of piperazine rings is 1. The van der Waals surface area contributed by atoms with Gasteiger partial charge in [-0.3, -0.25) is 4.79 Å². The molecule has 1 fully saturated rings. The monoisotopic (exact) mass is 308 g/mol. The van der Waals surface area contributed by atoms with Gasteiger partial charge in [-0.05, 0) is 50.1 Å². The molecule has 1 aromatic heterocycles. The van der Waals surface area contributed by atoms with Crippen LogP contribution in [0.15, 0.2) is 22.6 Å². The van der Waals surface area contributed by atoms with Crippen LogP contribution in [-0.2, 0) is 0 Å². The minimum absolute atomic E-state index is 0. The Morgan fingerprint density at radius 3 is 2.71 bits per heavy atom. The van der Waals surface area contributed by atoms with Gasteiger partial charge in [0.05, 0.1) is 0 Å². The first-order valence-corrected chi connectivity index (χ1v) is 7.08. The van der Waals surface area contributed by atoms with Gasteiger partial charge in [0.25, 0.3) is 5.91 Å². The van der Waals surface area contributed by atoms with Crippen LogP contribution in [0.5, 0.6) is 0 Å². The molecule has 21 heavy (non-hydrogen) atoms. The number of amides is 1. The number of carbonyl (C=O) groups excluding carboxylic acids is 1. The minimum Gasteiger partial charge on any atom is -0.451 e. The predicted molar refractivity (Wildman–Crippen MR) is 86.3 cm³/mol.